The minimum absolute atomic E-state index is 0.550. The van der Waals surface area contributed by atoms with Gasteiger partial charge in [0.2, 0.25) is 0 Å². The van der Waals surface area contributed by atoms with E-state index in [1.54, 1.807) is 0 Å². The molecule has 0 heterocycles. The normalized spacial score (nSPS) is 18.9. The van der Waals surface area contributed by atoms with Gasteiger partial charge >= 0.3 is 5.97 Å². The molecule has 0 aromatic heterocycles. The first-order chi connectivity index (χ1) is 8.12. The molecule has 0 spiro atoms. The van der Waals surface area contributed by atoms with E-state index < -0.39 is 11.4 Å². The summed E-state index contributed by atoms with van der Waals surface area (Å²) < 4.78 is 0. The second-order valence-electron chi connectivity index (χ2n) is 4.95. The lowest BCUT2D eigenvalue weighted by Crippen LogP contribution is -2.35. The number of carboxylic acids is 1. The van der Waals surface area contributed by atoms with E-state index in [1.165, 1.54) is 0 Å². The predicted octanol–water partition coefficient (Wildman–Crippen LogP) is 3.92. The van der Waals surface area contributed by atoms with Gasteiger partial charge in [-0.25, -0.2) is 0 Å². The van der Waals surface area contributed by atoms with Gasteiger partial charge in [0, 0.05) is 5.02 Å². The Hall–Kier alpha value is -1.02. The van der Waals surface area contributed by atoms with Gasteiger partial charge in [0.05, 0.1) is 5.41 Å². The van der Waals surface area contributed by atoms with Crippen molar-refractivity contribution in [3.05, 3.63) is 34.9 Å². The Labute approximate surface area is 107 Å². The highest BCUT2D eigenvalue weighted by Crippen LogP contribution is 2.39. The Balaban J connectivity index is 2.17. The van der Waals surface area contributed by atoms with Gasteiger partial charge in [-0.3, -0.25) is 4.79 Å². The van der Waals surface area contributed by atoms with Crippen LogP contribution in [0.1, 0.15) is 37.7 Å². The highest BCUT2D eigenvalue weighted by Gasteiger charge is 2.39. The van der Waals surface area contributed by atoms with E-state index in [9.17, 15) is 9.90 Å². The number of hydrogen-bond acceptors (Lipinski definition) is 1. The molecule has 0 saturated heterocycles. The first-order valence-corrected chi connectivity index (χ1v) is 6.48. The standard InChI is InChI=1S/C14H17ClO2/c15-12-6-4-11(5-7-12)10-14(13(16)17)8-2-1-3-9-14/h4-7H,1-3,8-10H2,(H,16,17). The van der Waals surface area contributed by atoms with Crippen molar-refractivity contribution in [3.63, 3.8) is 0 Å². The number of rotatable bonds is 3. The quantitative estimate of drug-likeness (QED) is 0.885. The van der Waals surface area contributed by atoms with Crippen LogP contribution in [0.25, 0.3) is 0 Å². The SMILES string of the molecule is O=C(O)C1(Cc2ccc(Cl)cc2)CCCCC1. The summed E-state index contributed by atoms with van der Waals surface area (Å²) in [6.07, 6.45) is 5.44. The van der Waals surface area contributed by atoms with E-state index in [4.69, 9.17) is 11.6 Å². The molecule has 0 radical (unpaired) electrons. The van der Waals surface area contributed by atoms with Crippen LogP contribution < -0.4 is 0 Å². The van der Waals surface area contributed by atoms with Crippen molar-refractivity contribution in [3.8, 4) is 0 Å². The largest absolute Gasteiger partial charge is 0.481 e. The van der Waals surface area contributed by atoms with Crippen LogP contribution in [0.2, 0.25) is 5.02 Å². The zero-order valence-electron chi connectivity index (χ0n) is 9.79. The maximum atomic E-state index is 11.5. The third-order valence-corrected chi connectivity index (χ3v) is 3.97. The molecule has 0 aliphatic heterocycles. The topological polar surface area (TPSA) is 37.3 Å². The molecule has 0 bridgehead atoms. The van der Waals surface area contributed by atoms with E-state index >= 15 is 0 Å². The molecule has 92 valence electrons. The molecule has 2 nitrogen and oxygen atoms in total. The van der Waals surface area contributed by atoms with Gasteiger partial charge in [0.1, 0.15) is 0 Å². The summed E-state index contributed by atoms with van der Waals surface area (Å²) >= 11 is 5.84. The Kier molecular flexibility index (Phi) is 3.72. The maximum absolute atomic E-state index is 11.5. The van der Waals surface area contributed by atoms with E-state index in [-0.39, 0.29) is 0 Å². The summed E-state index contributed by atoms with van der Waals surface area (Å²) in [5, 5.41) is 10.2. The molecule has 1 fully saturated rings. The fourth-order valence-electron chi connectivity index (χ4n) is 2.69. The van der Waals surface area contributed by atoms with Crippen molar-refractivity contribution < 1.29 is 9.90 Å². The van der Waals surface area contributed by atoms with Crippen molar-refractivity contribution >= 4 is 17.6 Å². The first kappa shape index (κ1) is 12.4. The molecule has 1 N–H and O–H groups in total. The molecular weight excluding hydrogens is 236 g/mol. The molecule has 1 saturated carbocycles. The Morgan fingerprint density at radius 1 is 1.18 bits per heavy atom. The maximum Gasteiger partial charge on any atom is 0.309 e. The molecule has 1 aliphatic rings. The molecular formula is C14H17ClO2. The minimum Gasteiger partial charge on any atom is -0.481 e. The highest BCUT2D eigenvalue weighted by atomic mass is 35.5. The lowest BCUT2D eigenvalue weighted by Gasteiger charge is -2.33. The van der Waals surface area contributed by atoms with Crippen molar-refractivity contribution in [1.82, 2.24) is 0 Å². The summed E-state index contributed by atoms with van der Waals surface area (Å²) in [7, 11) is 0. The monoisotopic (exact) mass is 252 g/mol. The fourth-order valence-corrected chi connectivity index (χ4v) is 2.81. The smallest absolute Gasteiger partial charge is 0.309 e. The van der Waals surface area contributed by atoms with Crippen molar-refractivity contribution in [2.24, 2.45) is 5.41 Å². The van der Waals surface area contributed by atoms with Crippen LogP contribution in [0.5, 0.6) is 0 Å². The van der Waals surface area contributed by atoms with Gasteiger partial charge in [0.15, 0.2) is 0 Å². The van der Waals surface area contributed by atoms with Gasteiger partial charge < -0.3 is 5.11 Å². The van der Waals surface area contributed by atoms with Gasteiger partial charge in [-0.2, -0.15) is 0 Å². The van der Waals surface area contributed by atoms with Crippen LogP contribution >= 0.6 is 11.6 Å². The van der Waals surface area contributed by atoms with Crippen LogP contribution in [0.4, 0.5) is 0 Å². The summed E-state index contributed by atoms with van der Waals surface area (Å²) in [5.74, 6) is -0.646. The first-order valence-electron chi connectivity index (χ1n) is 6.10. The summed E-state index contributed by atoms with van der Waals surface area (Å²) in [4.78, 5) is 11.5. The lowest BCUT2D eigenvalue weighted by atomic mass is 9.70. The van der Waals surface area contributed by atoms with Crippen molar-refractivity contribution in [1.29, 1.82) is 0 Å². The van der Waals surface area contributed by atoms with E-state index in [0.717, 1.165) is 37.7 Å². The van der Waals surface area contributed by atoms with Gasteiger partial charge in [0.25, 0.3) is 0 Å². The van der Waals surface area contributed by atoms with Crippen LogP contribution in [0, 0.1) is 5.41 Å². The predicted molar refractivity (Wildman–Crippen MR) is 68.3 cm³/mol. The zero-order valence-corrected chi connectivity index (χ0v) is 10.5. The van der Waals surface area contributed by atoms with Gasteiger partial charge in [-0.15, -0.1) is 0 Å². The summed E-state index contributed by atoms with van der Waals surface area (Å²) in [6, 6.07) is 7.52. The number of hydrogen-bond donors (Lipinski definition) is 1. The Morgan fingerprint density at radius 2 is 1.76 bits per heavy atom. The zero-order chi connectivity index (χ0) is 12.3. The third-order valence-electron chi connectivity index (χ3n) is 3.72. The van der Waals surface area contributed by atoms with E-state index in [0.29, 0.717) is 11.4 Å². The van der Waals surface area contributed by atoms with Crippen LogP contribution in [-0.4, -0.2) is 11.1 Å². The molecule has 1 aromatic carbocycles. The summed E-state index contributed by atoms with van der Waals surface area (Å²) in [6.45, 7) is 0. The number of aliphatic carboxylic acids is 1. The molecule has 2 rings (SSSR count). The second kappa shape index (κ2) is 5.09. The van der Waals surface area contributed by atoms with Gasteiger partial charge in [-0.05, 0) is 37.0 Å². The van der Waals surface area contributed by atoms with Crippen molar-refractivity contribution in [2.75, 3.05) is 0 Å². The highest BCUT2D eigenvalue weighted by molar-refractivity contribution is 6.30. The third kappa shape index (κ3) is 2.81. The van der Waals surface area contributed by atoms with Crippen molar-refractivity contribution in [2.45, 2.75) is 38.5 Å². The summed E-state index contributed by atoms with van der Waals surface area (Å²) in [5.41, 5.74) is 0.519. The number of carbonyl (C=O) groups is 1. The van der Waals surface area contributed by atoms with Crippen LogP contribution in [-0.2, 0) is 11.2 Å². The molecule has 0 amide bonds. The van der Waals surface area contributed by atoms with Crippen LogP contribution in [0.3, 0.4) is 0 Å². The van der Waals surface area contributed by atoms with E-state index in [2.05, 4.69) is 0 Å². The molecule has 1 aromatic rings. The second-order valence-corrected chi connectivity index (χ2v) is 5.39. The molecule has 1 aliphatic carbocycles. The number of halogens is 1. The Bertz CT molecular complexity index is 391. The number of carboxylic acid groups (broad SMARTS) is 1. The number of benzene rings is 1. The van der Waals surface area contributed by atoms with E-state index in [1.807, 2.05) is 24.3 Å². The average Bonchev–Trinajstić information content (AvgIpc) is 2.33. The van der Waals surface area contributed by atoms with Crippen LogP contribution in [0.15, 0.2) is 24.3 Å². The fraction of sp³-hybridized carbons (Fsp3) is 0.500. The molecule has 0 unspecified atom stereocenters. The Morgan fingerprint density at radius 3 is 2.29 bits per heavy atom. The molecule has 3 heteroatoms. The average molecular weight is 253 g/mol. The minimum atomic E-state index is -0.646. The van der Waals surface area contributed by atoms with Gasteiger partial charge in [-0.1, -0.05) is 43.0 Å². The lowest BCUT2D eigenvalue weighted by molar-refractivity contribution is -0.151. The molecule has 0 atom stereocenters. The molecule has 17 heavy (non-hydrogen) atoms.